The maximum Gasteiger partial charge on any atom is 0.109 e. The van der Waals surface area contributed by atoms with Gasteiger partial charge < -0.3 is 9.73 Å². The summed E-state index contributed by atoms with van der Waals surface area (Å²) < 4.78 is 5.05. The molecular weight excluding hydrogens is 208 g/mol. The lowest BCUT2D eigenvalue weighted by molar-refractivity contribution is 0.485. The SMILES string of the molecule is CC(NC(C)c1nccs1)c1ccoc1. The molecule has 2 atom stereocenters. The van der Waals surface area contributed by atoms with Crippen molar-refractivity contribution in [2.75, 3.05) is 0 Å². The summed E-state index contributed by atoms with van der Waals surface area (Å²) in [5.41, 5.74) is 1.17. The molecule has 2 aromatic rings. The third-order valence-corrected chi connectivity index (χ3v) is 3.32. The second-order valence-electron chi connectivity index (χ2n) is 3.54. The molecule has 2 unspecified atom stereocenters. The van der Waals surface area contributed by atoms with E-state index in [1.807, 2.05) is 17.6 Å². The van der Waals surface area contributed by atoms with Crippen molar-refractivity contribution >= 4 is 11.3 Å². The maximum atomic E-state index is 5.05. The lowest BCUT2D eigenvalue weighted by Crippen LogP contribution is -2.21. The van der Waals surface area contributed by atoms with Gasteiger partial charge in [0.15, 0.2) is 0 Å². The molecule has 80 valence electrons. The van der Waals surface area contributed by atoms with Crippen LogP contribution in [0.15, 0.2) is 34.6 Å². The number of nitrogens with one attached hydrogen (secondary N) is 1. The molecule has 3 nitrogen and oxygen atoms in total. The third kappa shape index (κ3) is 2.46. The highest BCUT2D eigenvalue weighted by Crippen LogP contribution is 2.20. The van der Waals surface area contributed by atoms with Gasteiger partial charge in [0.25, 0.3) is 0 Å². The molecule has 0 radical (unpaired) electrons. The van der Waals surface area contributed by atoms with E-state index < -0.39 is 0 Å². The first-order valence-corrected chi connectivity index (χ1v) is 5.83. The molecule has 2 aromatic heterocycles. The Kier molecular flexibility index (Phi) is 3.18. The zero-order valence-electron chi connectivity index (χ0n) is 8.81. The molecule has 2 rings (SSSR count). The Bertz CT molecular complexity index is 344. The summed E-state index contributed by atoms with van der Waals surface area (Å²) in [6.07, 6.45) is 5.30. The first kappa shape index (κ1) is 10.4. The van der Waals surface area contributed by atoms with Gasteiger partial charge in [0, 0.05) is 23.2 Å². The Morgan fingerprint density at radius 1 is 1.40 bits per heavy atom. The maximum absolute atomic E-state index is 5.05. The first-order valence-electron chi connectivity index (χ1n) is 4.95. The van der Waals surface area contributed by atoms with E-state index in [1.165, 1.54) is 5.56 Å². The number of hydrogen-bond donors (Lipinski definition) is 1. The van der Waals surface area contributed by atoms with Crippen LogP contribution in [0, 0.1) is 0 Å². The molecule has 0 saturated carbocycles. The molecule has 15 heavy (non-hydrogen) atoms. The highest BCUT2D eigenvalue weighted by molar-refractivity contribution is 7.09. The lowest BCUT2D eigenvalue weighted by atomic mass is 10.1. The van der Waals surface area contributed by atoms with Crippen molar-refractivity contribution in [3.8, 4) is 0 Å². The highest BCUT2D eigenvalue weighted by atomic mass is 32.1. The quantitative estimate of drug-likeness (QED) is 0.863. The molecule has 0 aliphatic heterocycles. The average Bonchev–Trinajstić information content (AvgIpc) is 2.91. The van der Waals surface area contributed by atoms with Gasteiger partial charge in [-0.1, -0.05) is 0 Å². The topological polar surface area (TPSA) is 38.1 Å². The number of thiazole rings is 1. The van der Waals surface area contributed by atoms with E-state index in [0.717, 1.165) is 5.01 Å². The minimum atomic E-state index is 0.273. The van der Waals surface area contributed by atoms with Gasteiger partial charge in [0.1, 0.15) is 5.01 Å². The highest BCUT2D eigenvalue weighted by Gasteiger charge is 2.13. The normalized spacial score (nSPS) is 15.1. The zero-order chi connectivity index (χ0) is 10.7. The zero-order valence-corrected chi connectivity index (χ0v) is 9.62. The van der Waals surface area contributed by atoms with Crippen molar-refractivity contribution in [3.05, 3.63) is 40.7 Å². The smallest absolute Gasteiger partial charge is 0.109 e. The van der Waals surface area contributed by atoms with Crippen molar-refractivity contribution in [2.24, 2.45) is 0 Å². The van der Waals surface area contributed by atoms with E-state index in [4.69, 9.17) is 4.42 Å². The largest absolute Gasteiger partial charge is 0.472 e. The van der Waals surface area contributed by atoms with Crippen molar-refractivity contribution in [1.82, 2.24) is 10.3 Å². The molecule has 2 heterocycles. The number of aromatic nitrogens is 1. The van der Waals surface area contributed by atoms with E-state index in [-0.39, 0.29) is 12.1 Å². The predicted octanol–water partition coefficient (Wildman–Crippen LogP) is 3.15. The number of hydrogen-bond acceptors (Lipinski definition) is 4. The van der Waals surface area contributed by atoms with Gasteiger partial charge >= 0.3 is 0 Å². The van der Waals surface area contributed by atoms with Crippen LogP contribution in [0.3, 0.4) is 0 Å². The first-order chi connectivity index (χ1) is 7.27. The summed E-state index contributed by atoms with van der Waals surface area (Å²) in [6, 6.07) is 2.53. The van der Waals surface area contributed by atoms with Crippen LogP contribution >= 0.6 is 11.3 Å². The minimum Gasteiger partial charge on any atom is -0.472 e. The molecule has 1 N–H and O–H groups in total. The van der Waals surface area contributed by atoms with Crippen LogP contribution in [0.4, 0.5) is 0 Å². The molecule has 0 saturated heterocycles. The average molecular weight is 222 g/mol. The van der Waals surface area contributed by atoms with Crippen LogP contribution in [-0.2, 0) is 0 Å². The molecule has 0 aliphatic carbocycles. The number of rotatable bonds is 4. The van der Waals surface area contributed by atoms with Gasteiger partial charge in [-0.25, -0.2) is 4.98 Å². The third-order valence-electron chi connectivity index (χ3n) is 2.37. The Labute approximate surface area is 93.2 Å². The standard InChI is InChI=1S/C11H14N2OS/c1-8(10-3-5-14-7-10)13-9(2)11-12-4-6-15-11/h3-9,13H,1-2H3. The van der Waals surface area contributed by atoms with Gasteiger partial charge in [-0.05, 0) is 19.9 Å². The van der Waals surface area contributed by atoms with Crippen molar-refractivity contribution in [2.45, 2.75) is 25.9 Å². The Balaban J connectivity index is 1.98. The summed E-state index contributed by atoms with van der Waals surface area (Å²) in [7, 11) is 0. The van der Waals surface area contributed by atoms with Gasteiger partial charge in [-0.3, -0.25) is 0 Å². The van der Waals surface area contributed by atoms with Crippen LogP contribution in [0.2, 0.25) is 0 Å². The van der Waals surface area contributed by atoms with Crippen molar-refractivity contribution < 1.29 is 4.42 Å². The van der Waals surface area contributed by atoms with Gasteiger partial charge in [-0.2, -0.15) is 0 Å². The summed E-state index contributed by atoms with van der Waals surface area (Å²) in [6.45, 7) is 4.24. The second-order valence-corrected chi connectivity index (χ2v) is 4.46. The molecule has 0 aliphatic rings. The number of nitrogens with zero attached hydrogens (tertiary/aromatic N) is 1. The molecular formula is C11H14N2OS. The lowest BCUT2D eigenvalue weighted by Gasteiger charge is -2.16. The predicted molar refractivity (Wildman–Crippen MR) is 60.8 cm³/mol. The van der Waals surface area contributed by atoms with Crippen molar-refractivity contribution in [3.63, 3.8) is 0 Å². The van der Waals surface area contributed by atoms with Crippen LogP contribution < -0.4 is 5.32 Å². The van der Waals surface area contributed by atoms with Crippen molar-refractivity contribution in [1.29, 1.82) is 0 Å². The fraction of sp³-hybridized carbons (Fsp3) is 0.364. The summed E-state index contributed by atoms with van der Waals surface area (Å²) in [4.78, 5) is 4.28. The number of furan rings is 1. The van der Waals surface area contributed by atoms with E-state index in [0.29, 0.717) is 0 Å². The monoisotopic (exact) mass is 222 g/mol. The Morgan fingerprint density at radius 2 is 2.27 bits per heavy atom. The van der Waals surface area contributed by atoms with Crippen LogP contribution in [-0.4, -0.2) is 4.98 Å². The molecule has 0 spiro atoms. The summed E-state index contributed by atoms with van der Waals surface area (Å²) in [5.74, 6) is 0. The Hall–Kier alpha value is -1.13. The fourth-order valence-corrected chi connectivity index (χ4v) is 2.17. The van der Waals surface area contributed by atoms with E-state index >= 15 is 0 Å². The summed E-state index contributed by atoms with van der Waals surface area (Å²) >= 11 is 1.67. The van der Waals surface area contributed by atoms with Crippen LogP contribution in [0.25, 0.3) is 0 Å². The second kappa shape index (κ2) is 4.59. The molecule has 0 bridgehead atoms. The van der Waals surface area contributed by atoms with Gasteiger partial charge in [0.2, 0.25) is 0 Å². The fourth-order valence-electron chi connectivity index (χ4n) is 1.51. The van der Waals surface area contributed by atoms with Crippen LogP contribution in [0.1, 0.15) is 36.5 Å². The minimum absolute atomic E-state index is 0.273. The van der Waals surface area contributed by atoms with Gasteiger partial charge in [0.05, 0.1) is 18.6 Å². The van der Waals surface area contributed by atoms with E-state index in [9.17, 15) is 0 Å². The van der Waals surface area contributed by atoms with Gasteiger partial charge in [-0.15, -0.1) is 11.3 Å². The molecule has 4 heteroatoms. The molecule has 0 aromatic carbocycles. The molecule has 0 fully saturated rings. The van der Waals surface area contributed by atoms with E-state index in [1.54, 1.807) is 23.9 Å². The van der Waals surface area contributed by atoms with E-state index in [2.05, 4.69) is 24.1 Å². The molecule has 0 amide bonds. The Morgan fingerprint density at radius 3 is 2.87 bits per heavy atom. The van der Waals surface area contributed by atoms with Crippen LogP contribution in [0.5, 0.6) is 0 Å². The summed E-state index contributed by atoms with van der Waals surface area (Å²) in [5, 5.41) is 6.58.